The van der Waals surface area contributed by atoms with E-state index in [1.54, 1.807) is 0 Å². The third kappa shape index (κ3) is 3.28. The highest BCUT2D eigenvalue weighted by molar-refractivity contribution is 5.76. The maximum Gasteiger partial charge on any atom is 0.282 e. The molecule has 1 aliphatic rings. The highest BCUT2D eigenvalue weighted by Gasteiger charge is 2.28. The minimum absolute atomic E-state index is 0.0368. The van der Waals surface area contributed by atoms with Gasteiger partial charge in [-0.1, -0.05) is 35.5 Å². The fourth-order valence-electron chi connectivity index (χ4n) is 2.80. The number of primary amides is 1. The number of carbonyl (C=O) groups excluding carboxylic acids is 1. The zero-order valence-corrected chi connectivity index (χ0v) is 11.8. The van der Waals surface area contributed by atoms with Crippen LogP contribution in [0.25, 0.3) is 11.4 Å². The molecule has 3 rings (SSSR count). The van der Waals surface area contributed by atoms with Gasteiger partial charge >= 0.3 is 0 Å². The van der Waals surface area contributed by atoms with Crippen LogP contribution >= 0.6 is 0 Å². The van der Waals surface area contributed by atoms with Gasteiger partial charge in [0.05, 0.1) is 19.0 Å². The lowest BCUT2D eigenvalue weighted by atomic mass is 9.97. The van der Waals surface area contributed by atoms with E-state index in [1.165, 1.54) is 4.90 Å². The van der Waals surface area contributed by atoms with Crippen LogP contribution in [-0.4, -0.2) is 29.1 Å². The van der Waals surface area contributed by atoms with E-state index in [0.29, 0.717) is 18.3 Å². The molecule has 2 aromatic rings. The van der Waals surface area contributed by atoms with E-state index >= 15 is 0 Å². The lowest BCUT2D eigenvalue weighted by Gasteiger charge is -2.26. The fourth-order valence-corrected chi connectivity index (χ4v) is 2.80. The first-order valence-electron chi connectivity index (χ1n) is 7.23. The summed E-state index contributed by atoms with van der Waals surface area (Å²) in [7, 11) is 0. The number of likely N-dealkylation sites (tertiary alicyclic amines) is 1. The van der Waals surface area contributed by atoms with Gasteiger partial charge in [-0.05, 0) is 12.8 Å². The first kappa shape index (κ1) is 13.8. The number of quaternary nitrogens is 1. The number of nitrogens with two attached hydrogens (primary N) is 1. The summed E-state index contributed by atoms with van der Waals surface area (Å²) in [5.74, 6) is 0.968. The Morgan fingerprint density at radius 2 is 2.19 bits per heavy atom. The molecule has 1 fully saturated rings. The molecule has 1 amide bonds. The van der Waals surface area contributed by atoms with E-state index in [1.807, 2.05) is 30.3 Å². The minimum Gasteiger partial charge on any atom is -0.369 e. The molecular formula is C15H19N4O2+. The molecule has 0 aliphatic carbocycles. The number of hydrogen-bond donors (Lipinski definition) is 2. The number of hydrogen-bond acceptors (Lipinski definition) is 4. The molecule has 1 aliphatic heterocycles. The van der Waals surface area contributed by atoms with Gasteiger partial charge in [-0.3, -0.25) is 4.79 Å². The number of nitrogens with one attached hydrogen (secondary N) is 1. The molecule has 21 heavy (non-hydrogen) atoms. The van der Waals surface area contributed by atoms with E-state index in [2.05, 4.69) is 10.1 Å². The summed E-state index contributed by atoms with van der Waals surface area (Å²) in [4.78, 5) is 17.0. The van der Waals surface area contributed by atoms with Crippen LogP contribution in [-0.2, 0) is 11.3 Å². The molecule has 1 saturated heterocycles. The van der Waals surface area contributed by atoms with Crippen molar-refractivity contribution >= 4 is 5.91 Å². The van der Waals surface area contributed by atoms with Gasteiger partial charge in [-0.15, -0.1) is 0 Å². The summed E-state index contributed by atoms with van der Waals surface area (Å²) in [5.41, 5.74) is 6.34. The second kappa shape index (κ2) is 6.05. The maximum atomic E-state index is 11.3. The van der Waals surface area contributed by atoms with Crippen LogP contribution in [0, 0.1) is 5.92 Å². The highest BCUT2D eigenvalue weighted by Crippen LogP contribution is 2.14. The van der Waals surface area contributed by atoms with E-state index in [-0.39, 0.29) is 11.8 Å². The van der Waals surface area contributed by atoms with Crippen molar-refractivity contribution in [2.75, 3.05) is 13.1 Å². The normalized spacial score (nSPS) is 22.1. The van der Waals surface area contributed by atoms with Gasteiger partial charge in [-0.2, -0.15) is 4.98 Å². The monoisotopic (exact) mass is 287 g/mol. The molecule has 6 nitrogen and oxygen atoms in total. The molecule has 1 aromatic carbocycles. The molecule has 2 heterocycles. The van der Waals surface area contributed by atoms with Gasteiger partial charge in [0.15, 0.2) is 6.54 Å². The molecule has 0 bridgehead atoms. The average Bonchev–Trinajstić information content (AvgIpc) is 2.97. The quantitative estimate of drug-likeness (QED) is 0.830. The maximum absolute atomic E-state index is 11.3. The van der Waals surface area contributed by atoms with Crippen LogP contribution in [0.3, 0.4) is 0 Å². The predicted molar refractivity (Wildman–Crippen MR) is 76.1 cm³/mol. The molecule has 110 valence electrons. The third-order valence-electron chi connectivity index (χ3n) is 3.92. The molecule has 1 unspecified atom stereocenters. The van der Waals surface area contributed by atoms with Crippen molar-refractivity contribution in [3.63, 3.8) is 0 Å². The summed E-state index contributed by atoms with van der Waals surface area (Å²) in [6, 6.07) is 9.74. The molecule has 0 radical (unpaired) electrons. The predicted octanol–water partition coefficient (Wildman–Crippen LogP) is 0.0168. The summed E-state index contributed by atoms with van der Waals surface area (Å²) in [6.07, 6.45) is 1.89. The van der Waals surface area contributed by atoms with Crippen molar-refractivity contribution in [2.45, 2.75) is 19.4 Å². The van der Waals surface area contributed by atoms with Crippen molar-refractivity contribution in [3.05, 3.63) is 36.2 Å². The van der Waals surface area contributed by atoms with Crippen molar-refractivity contribution in [1.29, 1.82) is 0 Å². The van der Waals surface area contributed by atoms with Gasteiger partial charge < -0.3 is 15.2 Å². The van der Waals surface area contributed by atoms with Crippen molar-refractivity contribution < 1.29 is 14.2 Å². The van der Waals surface area contributed by atoms with E-state index in [9.17, 15) is 4.79 Å². The number of benzene rings is 1. The standard InChI is InChI=1S/C15H18N4O2/c16-14(20)12-7-4-8-19(9-12)10-13-17-15(18-21-13)11-5-2-1-3-6-11/h1-3,5-6,12H,4,7-10H2,(H2,16,20)/p+1/t12-/m1/s1. The van der Waals surface area contributed by atoms with Crippen LogP contribution in [0.2, 0.25) is 0 Å². The first-order chi connectivity index (χ1) is 10.2. The molecule has 2 atom stereocenters. The molecule has 1 aromatic heterocycles. The average molecular weight is 287 g/mol. The zero-order chi connectivity index (χ0) is 14.7. The Hall–Kier alpha value is -2.21. The van der Waals surface area contributed by atoms with Crippen LogP contribution in [0.5, 0.6) is 0 Å². The van der Waals surface area contributed by atoms with Crippen molar-refractivity contribution in [1.82, 2.24) is 10.1 Å². The molecule has 0 saturated carbocycles. The number of piperidine rings is 1. The number of amides is 1. The van der Waals surface area contributed by atoms with E-state index in [4.69, 9.17) is 10.3 Å². The van der Waals surface area contributed by atoms with Gasteiger partial charge in [0, 0.05) is 5.56 Å². The summed E-state index contributed by atoms with van der Waals surface area (Å²) < 4.78 is 5.32. The van der Waals surface area contributed by atoms with Crippen molar-refractivity contribution in [3.8, 4) is 11.4 Å². The Bertz CT molecular complexity index is 611. The number of aromatic nitrogens is 2. The fraction of sp³-hybridized carbons (Fsp3) is 0.400. The molecule has 0 spiro atoms. The summed E-state index contributed by atoms with van der Waals surface area (Å²) in [6.45, 7) is 2.40. The van der Waals surface area contributed by atoms with Gasteiger partial charge in [0.25, 0.3) is 5.89 Å². The van der Waals surface area contributed by atoms with Crippen molar-refractivity contribution in [2.24, 2.45) is 11.7 Å². The lowest BCUT2D eigenvalue weighted by molar-refractivity contribution is -0.922. The van der Waals surface area contributed by atoms with Gasteiger partial charge in [0.2, 0.25) is 11.7 Å². The molecule has 6 heteroatoms. The van der Waals surface area contributed by atoms with Crippen LogP contribution in [0.15, 0.2) is 34.9 Å². The van der Waals surface area contributed by atoms with E-state index in [0.717, 1.165) is 31.5 Å². The van der Waals surface area contributed by atoms with Gasteiger partial charge in [0.1, 0.15) is 0 Å². The molecule has 3 N–H and O–H groups in total. The highest BCUT2D eigenvalue weighted by atomic mass is 16.5. The Kier molecular flexibility index (Phi) is 3.96. The summed E-state index contributed by atoms with van der Waals surface area (Å²) >= 11 is 0. The Balaban J connectivity index is 1.66. The Labute approximate surface area is 122 Å². The number of nitrogens with zero attached hydrogens (tertiary/aromatic N) is 2. The first-order valence-corrected chi connectivity index (χ1v) is 7.23. The Morgan fingerprint density at radius 3 is 2.95 bits per heavy atom. The Morgan fingerprint density at radius 1 is 1.38 bits per heavy atom. The van der Waals surface area contributed by atoms with E-state index < -0.39 is 0 Å². The largest absolute Gasteiger partial charge is 0.369 e. The number of rotatable bonds is 4. The SMILES string of the molecule is NC(=O)[C@@H]1CCC[NH+](Cc2nc(-c3ccccc3)no2)C1. The summed E-state index contributed by atoms with van der Waals surface area (Å²) in [5, 5.41) is 4.01. The van der Waals surface area contributed by atoms with Crippen LogP contribution in [0.4, 0.5) is 0 Å². The minimum atomic E-state index is -0.206. The smallest absolute Gasteiger partial charge is 0.282 e. The number of carbonyl (C=O) groups is 1. The lowest BCUT2D eigenvalue weighted by Crippen LogP contribution is -3.12. The van der Waals surface area contributed by atoms with Crippen LogP contribution < -0.4 is 10.6 Å². The molecular weight excluding hydrogens is 268 g/mol. The van der Waals surface area contributed by atoms with Crippen LogP contribution in [0.1, 0.15) is 18.7 Å². The third-order valence-corrected chi connectivity index (χ3v) is 3.92. The zero-order valence-electron chi connectivity index (χ0n) is 11.8. The second-order valence-corrected chi connectivity index (χ2v) is 5.50. The topological polar surface area (TPSA) is 86.5 Å². The van der Waals surface area contributed by atoms with Gasteiger partial charge in [-0.25, -0.2) is 0 Å². The second-order valence-electron chi connectivity index (χ2n) is 5.50.